The monoisotopic (exact) mass is 467 g/mol. The summed E-state index contributed by atoms with van der Waals surface area (Å²) in [5.41, 5.74) is 2.45. The van der Waals surface area contributed by atoms with E-state index in [-0.39, 0.29) is 29.7 Å². The number of hydrogen-bond acceptors (Lipinski definition) is 5. The molecule has 0 spiro atoms. The van der Waals surface area contributed by atoms with Gasteiger partial charge >= 0.3 is 0 Å². The zero-order valence-corrected chi connectivity index (χ0v) is 19.8. The molecule has 4 rings (SSSR count). The molecule has 2 heterocycles. The van der Waals surface area contributed by atoms with Crippen molar-refractivity contribution in [3.05, 3.63) is 71.3 Å². The van der Waals surface area contributed by atoms with Gasteiger partial charge in [-0.15, -0.1) is 11.8 Å². The van der Waals surface area contributed by atoms with Crippen LogP contribution in [0, 0.1) is 0 Å². The van der Waals surface area contributed by atoms with Crippen LogP contribution in [-0.4, -0.2) is 57.2 Å². The van der Waals surface area contributed by atoms with Crippen molar-refractivity contribution in [3.8, 4) is 0 Å². The van der Waals surface area contributed by atoms with Crippen molar-refractivity contribution in [2.45, 2.75) is 55.4 Å². The summed E-state index contributed by atoms with van der Waals surface area (Å²) in [5, 5.41) is 14.8. The lowest BCUT2D eigenvalue weighted by Crippen LogP contribution is -2.58. The molecular weight excluding hydrogens is 438 g/mol. The highest BCUT2D eigenvalue weighted by atomic mass is 32.2. The van der Waals surface area contributed by atoms with Crippen LogP contribution in [0.25, 0.3) is 0 Å². The topological polar surface area (TPSA) is 98.7 Å². The highest BCUT2D eigenvalue weighted by molar-refractivity contribution is 8.01. The SMILES string of the molecule is C[C@@H](CO)NC(=O)[C@H](Cc1ccccc1)NC(=O)[C@@H]1N2C(=O)c3ccccc3[C@@H]2SC1(C)C. The molecular formula is C25H29N3O4S. The number of benzene rings is 2. The molecule has 0 aromatic heterocycles. The molecule has 174 valence electrons. The Bertz CT molecular complexity index is 1060. The van der Waals surface area contributed by atoms with E-state index in [1.807, 2.05) is 62.4 Å². The second-order valence-electron chi connectivity index (χ2n) is 9.12. The van der Waals surface area contributed by atoms with E-state index in [0.717, 1.165) is 11.1 Å². The number of aliphatic hydroxyl groups is 1. The van der Waals surface area contributed by atoms with Crippen LogP contribution in [-0.2, 0) is 16.0 Å². The van der Waals surface area contributed by atoms with E-state index in [4.69, 9.17) is 0 Å². The quantitative estimate of drug-likeness (QED) is 0.580. The van der Waals surface area contributed by atoms with Crippen molar-refractivity contribution in [2.75, 3.05) is 6.61 Å². The Hall–Kier alpha value is -2.84. The molecule has 0 aliphatic carbocycles. The molecule has 1 fully saturated rings. The molecule has 2 aliphatic rings. The highest BCUT2D eigenvalue weighted by Crippen LogP contribution is 2.56. The largest absolute Gasteiger partial charge is 0.394 e. The lowest BCUT2D eigenvalue weighted by molar-refractivity contribution is -0.132. The third kappa shape index (κ3) is 4.50. The molecule has 0 saturated carbocycles. The predicted molar refractivity (Wildman–Crippen MR) is 128 cm³/mol. The van der Waals surface area contributed by atoms with Gasteiger partial charge in [0, 0.05) is 22.8 Å². The van der Waals surface area contributed by atoms with Crippen LogP contribution >= 0.6 is 11.8 Å². The van der Waals surface area contributed by atoms with Crippen LogP contribution in [0.3, 0.4) is 0 Å². The van der Waals surface area contributed by atoms with E-state index >= 15 is 0 Å². The molecule has 3 N–H and O–H groups in total. The highest BCUT2D eigenvalue weighted by Gasteiger charge is 2.57. The number of nitrogens with zero attached hydrogens (tertiary/aromatic N) is 1. The molecule has 0 unspecified atom stereocenters. The van der Waals surface area contributed by atoms with Crippen LogP contribution in [0.2, 0.25) is 0 Å². The minimum absolute atomic E-state index is 0.160. The second kappa shape index (κ2) is 9.19. The Morgan fingerprint density at radius 1 is 1.09 bits per heavy atom. The summed E-state index contributed by atoms with van der Waals surface area (Å²) in [6.45, 7) is 5.40. The first kappa shape index (κ1) is 23.3. The molecule has 7 nitrogen and oxygen atoms in total. The Morgan fingerprint density at radius 3 is 2.45 bits per heavy atom. The Labute approximate surface area is 197 Å². The zero-order valence-electron chi connectivity index (χ0n) is 18.9. The summed E-state index contributed by atoms with van der Waals surface area (Å²) < 4.78 is -0.538. The van der Waals surface area contributed by atoms with Gasteiger partial charge in [0.1, 0.15) is 17.5 Å². The number of carbonyl (C=O) groups excluding carboxylic acids is 3. The average Bonchev–Trinajstić information content (AvgIpc) is 3.23. The first-order chi connectivity index (χ1) is 15.7. The predicted octanol–water partition coefficient (Wildman–Crippen LogP) is 2.26. The molecule has 1 saturated heterocycles. The summed E-state index contributed by atoms with van der Waals surface area (Å²) >= 11 is 1.59. The molecule has 8 heteroatoms. The van der Waals surface area contributed by atoms with Crippen molar-refractivity contribution in [1.29, 1.82) is 0 Å². The molecule has 2 aliphatic heterocycles. The van der Waals surface area contributed by atoms with Gasteiger partial charge < -0.3 is 20.6 Å². The number of fused-ring (bicyclic) bond motifs is 3. The van der Waals surface area contributed by atoms with Crippen molar-refractivity contribution in [3.63, 3.8) is 0 Å². The summed E-state index contributed by atoms with van der Waals surface area (Å²) in [6, 6.07) is 14.9. The first-order valence-electron chi connectivity index (χ1n) is 11.1. The molecule has 0 radical (unpaired) electrons. The van der Waals surface area contributed by atoms with Gasteiger partial charge in [-0.2, -0.15) is 0 Å². The van der Waals surface area contributed by atoms with Gasteiger partial charge in [-0.1, -0.05) is 48.5 Å². The second-order valence-corrected chi connectivity index (χ2v) is 10.9. The Morgan fingerprint density at radius 2 is 1.76 bits per heavy atom. The minimum atomic E-state index is -0.839. The lowest BCUT2D eigenvalue weighted by Gasteiger charge is -2.31. The fraction of sp³-hybridized carbons (Fsp3) is 0.400. The van der Waals surface area contributed by atoms with Crippen LogP contribution < -0.4 is 10.6 Å². The number of amides is 3. The lowest BCUT2D eigenvalue weighted by atomic mass is 9.99. The number of thioether (sulfide) groups is 1. The molecule has 0 bridgehead atoms. The van der Waals surface area contributed by atoms with E-state index in [2.05, 4.69) is 10.6 Å². The van der Waals surface area contributed by atoms with Crippen molar-refractivity contribution < 1.29 is 19.5 Å². The van der Waals surface area contributed by atoms with Gasteiger partial charge in [0.2, 0.25) is 11.8 Å². The van der Waals surface area contributed by atoms with Crippen LogP contribution in [0.5, 0.6) is 0 Å². The van der Waals surface area contributed by atoms with Gasteiger partial charge in [0.15, 0.2) is 0 Å². The van der Waals surface area contributed by atoms with Crippen molar-refractivity contribution in [2.24, 2.45) is 0 Å². The Kier molecular flexibility index (Phi) is 6.50. The smallest absolute Gasteiger partial charge is 0.256 e. The average molecular weight is 468 g/mol. The maximum atomic E-state index is 13.6. The number of hydrogen-bond donors (Lipinski definition) is 3. The molecule has 3 amide bonds. The van der Waals surface area contributed by atoms with E-state index in [9.17, 15) is 19.5 Å². The maximum absolute atomic E-state index is 13.6. The number of aliphatic hydroxyl groups excluding tert-OH is 1. The van der Waals surface area contributed by atoms with E-state index in [1.54, 1.807) is 29.7 Å². The fourth-order valence-corrected chi connectivity index (χ4v) is 6.09. The number of rotatable bonds is 7. The van der Waals surface area contributed by atoms with Crippen molar-refractivity contribution in [1.82, 2.24) is 15.5 Å². The molecule has 2 aromatic carbocycles. The first-order valence-corrected chi connectivity index (χ1v) is 12.0. The summed E-state index contributed by atoms with van der Waals surface area (Å²) in [7, 11) is 0. The van der Waals surface area contributed by atoms with Gasteiger partial charge in [-0.25, -0.2) is 0 Å². The van der Waals surface area contributed by atoms with Crippen LogP contribution in [0.15, 0.2) is 54.6 Å². The minimum Gasteiger partial charge on any atom is -0.394 e. The molecule has 4 atom stereocenters. The van der Waals surface area contributed by atoms with Crippen molar-refractivity contribution >= 4 is 29.5 Å². The number of carbonyl (C=O) groups is 3. The van der Waals surface area contributed by atoms with Gasteiger partial charge in [0.05, 0.1) is 6.61 Å². The fourth-order valence-electron chi connectivity index (χ4n) is 4.50. The Balaban J connectivity index is 1.59. The standard InChI is InChI=1S/C25H29N3O4S/c1-15(14-29)26-21(30)19(13-16-9-5-4-6-10-16)27-22(31)20-25(2,3)33-24-18-12-8-7-11-17(18)23(32)28(20)24/h4-12,15,19-20,24,29H,13-14H2,1-3H3,(H,26,30)(H,27,31)/t15-,19-,20-,24-/m0/s1. The van der Waals surface area contributed by atoms with Crippen LogP contribution in [0.1, 0.15) is 47.6 Å². The van der Waals surface area contributed by atoms with Gasteiger partial charge in [-0.05, 0) is 38.0 Å². The van der Waals surface area contributed by atoms with Crippen LogP contribution in [0.4, 0.5) is 0 Å². The zero-order chi connectivity index (χ0) is 23.8. The summed E-state index contributed by atoms with van der Waals surface area (Å²) in [4.78, 5) is 41.4. The van der Waals surface area contributed by atoms with Gasteiger partial charge in [-0.3, -0.25) is 14.4 Å². The normalized spacial score (nSPS) is 22.3. The van der Waals surface area contributed by atoms with Gasteiger partial charge in [0.25, 0.3) is 5.91 Å². The number of nitrogens with one attached hydrogen (secondary N) is 2. The van der Waals surface area contributed by atoms with E-state index < -0.39 is 22.9 Å². The summed E-state index contributed by atoms with van der Waals surface area (Å²) in [5.74, 6) is -0.888. The van der Waals surface area contributed by atoms with E-state index in [1.165, 1.54) is 0 Å². The maximum Gasteiger partial charge on any atom is 0.256 e. The third-order valence-electron chi connectivity index (χ3n) is 6.12. The molecule has 2 aromatic rings. The van der Waals surface area contributed by atoms with E-state index in [0.29, 0.717) is 12.0 Å². The molecule has 33 heavy (non-hydrogen) atoms. The third-order valence-corrected chi connectivity index (χ3v) is 7.66. The summed E-state index contributed by atoms with van der Waals surface area (Å²) in [6.07, 6.45) is 0.300.